The third-order valence-corrected chi connectivity index (χ3v) is 4.30. The third-order valence-electron chi connectivity index (χ3n) is 4.30. The fourth-order valence-electron chi connectivity index (χ4n) is 3.33. The highest BCUT2D eigenvalue weighted by atomic mass is 15.3. The van der Waals surface area contributed by atoms with Crippen LogP contribution >= 0.6 is 0 Å². The number of fused-ring (bicyclic) bond motifs is 2. The van der Waals surface area contributed by atoms with Gasteiger partial charge in [-0.25, -0.2) is 4.98 Å². The van der Waals surface area contributed by atoms with E-state index >= 15 is 0 Å². The van der Waals surface area contributed by atoms with E-state index in [4.69, 9.17) is 0 Å². The third kappa shape index (κ3) is 2.64. The Kier molecular flexibility index (Phi) is 3.22. The first-order valence-corrected chi connectivity index (χ1v) is 7.81. The number of aromatic nitrogens is 4. The van der Waals surface area contributed by atoms with Gasteiger partial charge in [-0.05, 0) is 26.7 Å². The normalized spacial score (nSPS) is 23.8. The number of aryl methyl sites for hydroxylation is 2. The molecule has 2 aliphatic heterocycles. The van der Waals surface area contributed by atoms with Gasteiger partial charge in [0.05, 0.1) is 0 Å². The Labute approximate surface area is 129 Å². The van der Waals surface area contributed by atoms with Gasteiger partial charge in [-0.2, -0.15) is 10.1 Å². The number of aromatic amines is 1. The summed E-state index contributed by atoms with van der Waals surface area (Å²) in [4.78, 5) is 11.6. The van der Waals surface area contributed by atoms with Gasteiger partial charge in [0, 0.05) is 48.7 Å². The molecule has 2 atom stereocenters. The lowest BCUT2D eigenvalue weighted by Crippen LogP contribution is -2.51. The van der Waals surface area contributed by atoms with Crippen molar-refractivity contribution in [1.29, 1.82) is 0 Å². The maximum atomic E-state index is 4.68. The molecule has 4 rings (SSSR count). The molecule has 0 amide bonds. The Morgan fingerprint density at radius 3 is 2.55 bits per heavy atom. The van der Waals surface area contributed by atoms with E-state index < -0.39 is 0 Å². The predicted octanol–water partition coefficient (Wildman–Crippen LogP) is 1.50. The maximum Gasteiger partial charge on any atom is 0.227 e. The van der Waals surface area contributed by atoms with Crippen molar-refractivity contribution in [2.75, 3.05) is 23.3 Å². The van der Waals surface area contributed by atoms with E-state index in [0.717, 1.165) is 42.1 Å². The van der Waals surface area contributed by atoms with E-state index in [1.54, 1.807) is 0 Å². The lowest BCUT2D eigenvalue weighted by Gasteiger charge is -2.33. The molecule has 4 heterocycles. The summed E-state index contributed by atoms with van der Waals surface area (Å²) in [5.74, 6) is 2.38. The van der Waals surface area contributed by atoms with Crippen LogP contribution in [0.1, 0.15) is 24.2 Å². The molecule has 2 aromatic rings. The molecule has 0 aromatic carbocycles. The fourth-order valence-corrected chi connectivity index (χ4v) is 3.33. The molecule has 3 N–H and O–H groups in total. The van der Waals surface area contributed by atoms with Gasteiger partial charge in [0.15, 0.2) is 5.82 Å². The topological polar surface area (TPSA) is 81.8 Å². The zero-order valence-corrected chi connectivity index (χ0v) is 12.9. The highest BCUT2D eigenvalue weighted by Crippen LogP contribution is 2.24. The second-order valence-electron chi connectivity index (χ2n) is 6.30. The molecular formula is C15H21N7. The molecule has 7 nitrogen and oxygen atoms in total. The van der Waals surface area contributed by atoms with E-state index in [2.05, 4.69) is 35.7 Å². The van der Waals surface area contributed by atoms with E-state index in [1.807, 2.05) is 26.0 Å². The van der Waals surface area contributed by atoms with Gasteiger partial charge < -0.3 is 15.5 Å². The van der Waals surface area contributed by atoms with Crippen LogP contribution in [0.4, 0.5) is 17.6 Å². The monoisotopic (exact) mass is 299 g/mol. The standard InChI is InChI=1S/C15H21N7/c1-9-5-13(18-14-6-10(2)20-21-14)19-15(16-9)22-7-11-3-4-12(8-22)17-11/h5-6,11-12,17H,3-4,7-8H2,1-2H3,(H2,16,18,19,20,21)/t11-,12+. The first-order valence-electron chi connectivity index (χ1n) is 7.81. The number of rotatable bonds is 3. The summed E-state index contributed by atoms with van der Waals surface area (Å²) in [7, 11) is 0. The average Bonchev–Trinajstić information content (AvgIpc) is 3.03. The predicted molar refractivity (Wildman–Crippen MR) is 85.5 cm³/mol. The SMILES string of the molecule is Cc1cc(Nc2cc(C)[nH]n2)nc(N2C[C@H]3CC[C@@H](C2)N3)n1. The summed E-state index contributed by atoms with van der Waals surface area (Å²) in [6.45, 7) is 5.95. The van der Waals surface area contributed by atoms with Gasteiger partial charge in [0.1, 0.15) is 5.82 Å². The number of H-pyrrole nitrogens is 1. The lowest BCUT2D eigenvalue weighted by molar-refractivity contribution is 0.460. The molecule has 0 saturated carbocycles. The van der Waals surface area contributed by atoms with Gasteiger partial charge in [0.2, 0.25) is 5.95 Å². The number of anilines is 3. The minimum Gasteiger partial charge on any atom is -0.338 e. The number of hydrogen-bond acceptors (Lipinski definition) is 6. The fraction of sp³-hybridized carbons (Fsp3) is 0.533. The van der Waals surface area contributed by atoms with Crippen molar-refractivity contribution >= 4 is 17.6 Å². The van der Waals surface area contributed by atoms with Crippen molar-refractivity contribution in [3.63, 3.8) is 0 Å². The highest BCUT2D eigenvalue weighted by molar-refractivity contribution is 5.54. The highest BCUT2D eigenvalue weighted by Gasteiger charge is 2.33. The Morgan fingerprint density at radius 1 is 1.09 bits per heavy atom. The smallest absolute Gasteiger partial charge is 0.227 e. The van der Waals surface area contributed by atoms with Gasteiger partial charge in [0.25, 0.3) is 0 Å². The second-order valence-corrected chi connectivity index (χ2v) is 6.30. The van der Waals surface area contributed by atoms with Crippen molar-refractivity contribution in [2.45, 2.75) is 38.8 Å². The summed E-state index contributed by atoms with van der Waals surface area (Å²) in [5.41, 5.74) is 1.98. The molecule has 0 radical (unpaired) electrons. The Balaban J connectivity index is 1.57. The summed E-state index contributed by atoms with van der Waals surface area (Å²) >= 11 is 0. The molecule has 116 valence electrons. The van der Waals surface area contributed by atoms with Gasteiger partial charge in [-0.1, -0.05) is 0 Å². The Morgan fingerprint density at radius 2 is 1.86 bits per heavy atom. The largest absolute Gasteiger partial charge is 0.338 e. The summed E-state index contributed by atoms with van der Waals surface area (Å²) in [6, 6.07) is 5.06. The van der Waals surface area contributed by atoms with Crippen molar-refractivity contribution < 1.29 is 0 Å². The van der Waals surface area contributed by atoms with Crippen LogP contribution in [0.2, 0.25) is 0 Å². The van der Waals surface area contributed by atoms with Crippen LogP contribution in [-0.4, -0.2) is 45.3 Å². The molecule has 22 heavy (non-hydrogen) atoms. The van der Waals surface area contributed by atoms with E-state index in [9.17, 15) is 0 Å². The van der Waals surface area contributed by atoms with Crippen molar-refractivity contribution in [2.24, 2.45) is 0 Å². The van der Waals surface area contributed by atoms with Crippen LogP contribution in [0, 0.1) is 13.8 Å². The first kappa shape index (κ1) is 13.5. The maximum absolute atomic E-state index is 4.68. The van der Waals surface area contributed by atoms with E-state index in [0.29, 0.717) is 12.1 Å². The molecule has 0 spiro atoms. The molecule has 2 saturated heterocycles. The molecule has 2 aromatic heterocycles. The molecule has 7 heteroatoms. The Hall–Kier alpha value is -2.15. The quantitative estimate of drug-likeness (QED) is 0.797. The zero-order chi connectivity index (χ0) is 15.1. The van der Waals surface area contributed by atoms with Gasteiger partial charge in [-0.3, -0.25) is 5.10 Å². The number of piperazine rings is 1. The van der Waals surface area contributed by atoms with Gasteiger partial charge in [-0.15, -0.1) is 0 Å². The Bertz CT molecular complexity index is 668. The van der Waals surface area contributed by atoms with E-state index in [1.165, 1.54) is 12.8 Å². The summed E-state index contributed by atoms with van der Waals surface area (Å²) in [6.07, 6.45) is 2.51. The summed E-state index contributed by atoms with van der Waals surface area (Å²) < 4.78 is 0. The van der Waals surface area contributed by atoms with Crippen molar-refractivity contribution in [3.8, 4) is 0 Å². The second kappa shape index (κ2) is 5.24. The minimum atomic E-state index is 0.577. The van der Waals surface area contributed by atoms with Crippen molar-refractivity contribution in [1.82, 2.24) is 25.5 Å². The molecule has 2 aliphatic rings. The average molecular weight is 299 g/mol. The molecule has 2 fully saturated rings. The van der Waals surface area contributed by atoms with Crippen LogP contribution in [0.5, 0.6) is 0 Å². The molecule has 0 unspecified atom stereocenters. The van der Waals surface area contributed by atoms with Crippen LogP contribution < -0.4 is 15.5 Å². The molecular weight excluding hydrogens is 278 g/mol. The van der Waals surface area contributed by atoms with Crippen LogP contribution in [0.15, 0.2) is 12.1 Å². The zero-order valence-electron chi connectivity index (χ0n) is 12.9. The minimum absolute atomic E-state index is 0.577. The first-order chi connectivity index (χ1) is 10.7. The van der Waals surface area contributed by atoms with Crippen LogP contribution in [0.3, 0.4) is 0 Å². The van der Waals surface area contributed by atoms with Crippen LogP contribution in [-0.2, 0) is 0 Å². The van der Waals surface area contributed by atoms with Crippen molar-refractivity contribution in [3.05, 3.63) is 23.5 Å². The number of hydrogen-bond donors (Lipinski definition) is 3. The van der Waals surface area contributed by atoms with Crippen LogP contribution in [0.25, 0.3) is 0 Å². The number of nitrogens with one attached hydrogen (secondary N) is 3. The number of nitrogens with zero attached hydrogens (tertiary/aromatic N) is 4. The molecule has 0 aliphatic carbocycles. The lowest BCUT2D eigenvalue weighted by atomic mass is 10.2. The van der Waals surface area contributed by atoms with Gasteiger partial charge >= 0.3 is 0 Å². The van der Waals surface area contributed by atoms with E-state index in [-0.39, 0.29) is 0 Å². The summed E-state index contributed by atoms with van der Waals surface area (Å²) in [5, 5.41) is 14.0. The molecule has 2 bridgehead atoms.